The van der Waals surface area contributed by atoms with Crippen molar-refractivity contribution < 1.29 is 9.59 Å². The number of nitrogens with zero attached hydrogens (tertiary/aromatic N) is 3. The fraction of sp³-hybridized carbons (Fsp3) is 0.0333. The number of thioether (sulfide) groups is 2. The minimum absolute atomic E-state index is 0.142. The van der Waals surface area contributed by atoms with Crippen LogP contribution in [-0.4, -0.2) is 21.1 Å². The van der Waals surface area contributed by atoms with Crippen LogP contribution in [0, 0.1) is 0 Å². The smallest absolute Gasteiger partial charge is 0.268 e. The molecule has 1 saturated heterocycles. The van der Waals surface area contributed by atoms with E-state index in [1.54, 1.807) is 22.0 Å². The Morgan fingerprint density at radius 3 is 1.86 bits per heavy atom. The van der Waals surface area contributed by atoms with E-state index in [4.69, 9.17) is 5.10 Å². The van der Waals surface area contributed by atoms with Crippen molar-refractivity contribution in [1.29, 1.82) is 0 Å². The third-order valence-electron chi connectivity index (χ3n) is 5.97. The van der Waals surface area contributed by atoms with Crippen LogP contribution in [-0.2, 0) is 4.79 Å². The van der Waals surface area contributed by atoms with Crippen molar-refractivity contribution in [2.24, 2.45) is 5.10 Å². The van der Waals surface area contributed by atoms with Gasteiger partial charge in [-0.1, -0.05) is 109 Å². The Labute approximate surface area is 223 Å². The molecule has 2 aliphatic heterocycles. The number of benzene rings is 4. The Morgan fingerprint density at radius 1 is 0.703 bits per heavy atom. The molecule has 2 heterocycles. The van der Waals surface area contributed by atoms with Crippen LogP contribution in [0.15, 0.2) is 131 Å². The molecule has 0 bridgehead atoms. The summed E-state index contributed by atoms with van der Waals surface area (Å²) in [6.07, 6.45) is 1.90. The molecule has 1 unspecified atom stereocenters. The number of amides is 1. The zero-order valence-electron chi connectivity index (χ0n) is 19.6. The molecular formula is C30H21N3O2S2. The van der Waals surface area contributed by atoms with Gasteiger partial charge in [-0.15, -0.1) is 0 Å². The summed E-state index contributed by atoms with van der Waals surface area (Å²) in [5.74, 6) is -0.318. The molecule has 1 atom stereocenters. The maximum atomic E-state index is 14.1. The predicted octanol–water partition coefficient (Wildman–Crippen LogP) is 6.87. The van der Waals surface area contributed by atoms with Gasteiger partial charge in [-0.25, -0.2) is 5.01 Å². The molecule has 0 N–H and O–H groups in total. The first-order valence-corrected chi connectivity index (χ1v) is 13.4. The van der Waals surface area contributed by atoms with Gasteiger partial charge in [0.1, 0.15) is 0 Å². The van der Waals surface area contributed by atoms with E-state index in [0.29, 0.717) is 15.5 Å². The van der Waals surface area contributed by atoms with Crippen LogP contribution in [0.1, 0.15) is 15.9 Å². The SMILES string of the molecule is O=C(C1=NN(c2ccccc2)C2(S1)S/C(=C\c1ccccc1)C(=O)N2c1ccccc1)c1ccccc1. The summed E-state index contributed by atoms with van der Waals surface area (Å²) in [7, 11) is 0. The minimum atomic E-state index is -1.06. The molecule has 2 aliphatic rings. The number of para-hydroxylation sites is 2. The molecule has 4 aromatic carbocycles. The lowest BCUT2D eigenvalue weighted by Gasteiger charge is -2.38. The van der Waals surface area contributed by atoms with Gasteiger partial charge in [0, 0.05) is 11.3 Å². The van der Waals surface area contributed by atoms with Gasteiger partial charge < -0.3 is 0 Å². The Morgan fingerprint density at radius 2 is 1.24 bits per heavy atom. The van der Waals surface area contributed by atoms with Crippen molar-refractivity contribution in [3.63, 3.8) is 0 Å². The second-order valence-electron chi connectivity index (χ2n) is 8.40. The van der Waals surface area contributed by atoms with Crippen LogP contribution < -0.4 is 9.91 Å². The Bertz CT molecular complexity index is 1510. The average molecular weight is 520 g/mol. The van der Waals surface area contributed by atoms with Gasteiger partial charge >= 0.3 is 0 Å². The number of carbonyl (C=O) groups is 2. The summed E-state index contributed by atoms with van der Waals surface area (Å²) in [6.45, 7) is 0. The van der Waals surface area contributed by atoms with Crippen molar-refractivity contribution in [1.82, 2.24) is 0 Å². The van der Waals surface area contributed by atoms with Crippen molar-refractivity contribution in [2.45, 2.75) is 4.33 Å². The summed E-state index contributed by atoms with van der Waals surface area (Å²) < 4.78 is -1.06. The lowest BCUT2D eigenvalue weighted by molar-refractivity contribution is -0.114. The average Bonchev–Trinajstić information content (AvgIpc) is 3.46. The van der Waals surface area contributed by atoms with E-state index in [1.807, 2.05) is 115 Å². The number of rotatable bonds is 5. The quantitative estimate of drug-likeness (QED) is 0.213. The fourth-order valence-corrected chi connectivity index (χ4v) is 7.21. The van der Waals surface area contributed by atoms with Crippen LogP contribution in [0.25, 0.3) is 6.08 Å². The molecule has 1 fully saturated rings. The first-order valence-electron chi connectivity index (χ1n) is 11.7. The Kier molecular flexibility index (Phi) is 6.16. The zero-order chi connectivity index (χ0) is 25.2. The number of carbonyl (C=O) groups excluding carboxylic acids is 2. The Balaban J connectivity index is 1.51. The van der Waals surface area contributed by atoms with E-state index in [1.165, 1.54) is 23.5 Å². The highest BCUT2D eigenvalue weighted by atomic mass is 32.2. The van der Waals surface area contributed by atoms with E-state index in [9.17, 15) is 9.59 Å². The van der Waals surface area contributed by atoms with E-state index in [0.717, 1.165) is 16.9 Å². The largest absolute Gasteiger partial charge is 0.286 e. The lowest BCUT2D eigenvalue weighted by atomic mass is 10.1. The second kappa shape index (κ2) is 9.76. The van der Waals surface area contributed by atoms with E-state index in [2.05, 4.69) is 0 Å². The summed E-state index contributed by atoms with van der Waals surface area (Å²) in [5.41, 5.74) is 3.00. The minimum Gasteiger partial charge on any atom is -0.286 e. The van der Waals surface area contributed by atoms with Gasteiger partial charge in [0.2, 0.25) is 10.1 Å². The maximum absolute atomic E-state index is 14.1. The van der Waals surface area contributed by atoms with Crippen molar-refractivity contribution in [2.75, 3.05) is 9.91 Å². The first-order chi connectivity index (χ1) is 18.2. The highest BCUT2D eigenvalue weighted by Crippen LogP contribution is 2.59. The van der Waals surface area contributed by atoms with Crippen LogP contribution in [0.4, 0.5) is 11.4 Å². The monoisotopic (exact) mass is 519 g/mol. The summed E-state index contributed by atoms with van der Waals surface area (Å²) in [6, 6.07) is 38.1. The molecule has 4 aromatic rings. The number of Topliss-reactive ketones (excluding diaryl/α,β-unsaturated/α-hetero) is 1. The molecule has 0 radical (unpaired) electrons. The van der Waals surface area contributed by atoms with Crippen molar-refractivity contribution in [3.05, 3.63) is 137 Å². The number of anilines is 2. The first kappa shape index (κ1) is 23.3. The van der Waals surface area contributed by atoms with Crippen LogP contribution in [0.3, 0.4) is 0 Å². The standard InChI is InChI=1S/C30H21N3O2S2/c34-27(23-15-7-2-8-16-23)28-31-33(25-19-11-4-12-20-25)30(37-28)32(24-17-9-3-10-18-24)29(35)26(36-30)21-22-13-5-1-6-14-22/h1-21H/b26-21-. The third-order valence-corrected chi connectivity index (χ3v) is 8.69. The number of hydrogen-bond acceptors (Lipinski definition) is 6. The van der Waals surface area contributed by atoms with E-state index < -0.39 is 4.33 Å². The Hall–Kier alpha value is -4.07. The molecule has 0 aromatic heterocycles. The summed E-state index contributed by atoms with van der Waals surface area (Å²) in [4.78, 5) is 29.9. The van der Waals surface area contributed by atoms with Crippen LogP contribution >= 0.6 is 23.5 Å². The van der Waals surface area contributed by atoms with Gasteiger partial charge in [-0.3, -0.25) is 14.5 Å². The van der Waals surface area contributed by atoms with Gasteiger partial charge in [0.15, 0.2) is 5.04 Å². The third kappa shape index (κ3) is 4.26. The summed E-state index contributed by atoms with van der Waals surface area (Å²) in [5, 5.41) is 6.97. The summed E-state index contributed by atoms with van der Waals surface area (Å²) >= 11 is 2.71. The molecular weight excluding hydrogens is 498 g/mol. The van der Waals surface area contributed by atoms with Crippen LogP contribution in [0.5, 0.6) is 0 Å². The fourth-order valence-electron chi connectivity index (χ4n) is 4.26. The van der Waals surface area contributed by atoms with E-state index >= 15 is 0 Å². The molecule has 6 rings (SSSR count). The number of hydrogen-bond donors (Lipinski definition) is 0. The molecule has 0 saturated carbocycles. The van der Waals surface area contributed by atoms with Crippen LogP contribution in [0.2, 0.25) is 0 Å². The molecule has 0 aliphatic carbocycles. The lowest BCUT2D eigenvalue weighted by Crippen LogP contribution is -2.51. The van der Waals surface area contributed by atoms with Crippen molar-refractivity contribution in [3.8, 4) is 0 Å². The molecule has 1 amide bonds. The number of ketones is 1. The predicted molar refractivity (Wildman–Crippen MR) is 153 cm³/mol. The van der Waals surface area contributed by atoms with Gasteiger partial charge in [-0.2, -0.15) is 5.10 Å². The molecule has 1 spiro atoms. The van der Waals surface area contributed by atoms with E-state index in [-0.39, 0.29) is 11.7 Å². The zero-order valence-corrected chi connectivity index (χ0v) is 21.2. The topological polar surface area (TPSA) is 53.0 Å². The highest BCUT2D eigenvalue weighted by Gasteiger charge is 2.60. The van der Waals surface area contributed by atoms with Crippen molar-refractivity contribution >= 4 is 57.7 Å². The molecule has 5 nitrogen and oxygen atoms in total. The molecule has 180 valence electrons. The second-order valence-corrected chi connectivity index (χ2v) is 11.0. The number of hydrazone groups is 1. The van der Waals surface area contributed by atoms with Gasteiger partial charge in [0.25, 0.3) is 5.91 Å². The highest BCUT2D eigenvalue weighted by molar-refractivity contribution is 8.29. The molecule has 7 heteroatoms. The normalized spacial score (nSPS) is 20.1. The van der Waals surface area contributed by atoms with Gasteiger partial charge in [0.05, 0.1) is 10.6 Å². The van der Waals surface area contributed by atoms with Gasteiger partial charge in [-0.05, 0) is 47.7 Å². The molecule has 37 heavy (non-hydrogen) atoms. The maximum Gasteiger partial charge on any atom is 0.268 e.